The molecule has 1 rings (SSSR count). The molecular formula is C16H27N3O2. The number of ether oxygens (including phenoxy) is 2. The van der Waals surface area contributed by atoms with Gasteiger partial charge in [-0.25, -0.2) is 0 Å². The van der Waals surface area contributed by atoms with E-state index < -0.39 is 0 Å². The van der Waals surface area contributed by atoms with Crippen LogP contribution in [0.3, 0.4) is 0 Å². The van der Waals surface area contributed by atoms with E-state index in [4.69, 9.17) is 9.47 Å². The van der Waals surface area contributed by atoms with Gasteiger partial charge in [-0.3, -0.25) is 4.99 Å². The molecule has 0 radical (unpaired) electrons. The number of nitrogens with one attached hydrogen (secondary N) is 2. The van der Waals surface area contributed by atoms with Crippen molar-refractivity contribution in [1.82, 2.24) is 10.6 Å². The maximum Gasteiger partial charge on any atom is 0.191 e. The van der Waals surface area contributed by atoms with Crippen molar-refractivity contribution in [1.29, 1.82) is 0 Å². The molecule has 21 heavy (non-hydrogen) atoms. The lowest BCUT2D eigenvalue weighted by Crippen LogP contribution is -2.39. The maximum atomic E-state index is 5.67. The van der Waals surface area contributed by atoms with E-state index in [9.17, 15) is 0 Å². The second kappa shape index (κ2) is 11.0. The quantitative estimate of drug-likeness (QED) is 0.415. The molecule has 0 aliphatic rings. The molecule has 0 atom stereocenters. The third kappa shape index (κ3) is 8.19. The van der Waals surface area contributed by atoms with E-state index in [2.05, 4.69) is 34.7 Å². The van der Waals surface area contributed by atoms with Gasteiger partial charge in [0, 0.05) is 26.7 Å². The van der Waals surface area contributed by atoms with Crippen LogP contribution in [0, 0.1) is 6.92 Å². The Morgan fingerprint density at radius 2 is 1.81 bits per heavy atom. The van der Waals surface area contributed by atoms with Gasteiger partial charge in [-0.15, -0.1) is 0 Å². The average molecular weight is 293 g/mol. The highest BCUT2D eigenvalue weighted by Gasteiger charge is 1.97. The minimum atomic E-state index is 0.687. The number of hydrogen-bond acceptors (Lipinski definition) is 3. The highest BCUT2D eigenvalue weighted by atomic mass is 16.5. The van der Waals surface area contributed by atoms with Crippen LogP contribution in [0.15, 0.2) is 29.3 Å². The third-order valence-corrected chi connectivity index (χ3v) is 2.87. The van der Waals surface area contributed by atoms with Gasteiger partial charge in [0.2, 0.25) is 0 Å². The standard InChI is InChI=1S/C16H27N3O2/c1-4-20-13-11-19-16(17-3)18-10-5-12-21-15-8-6-14(2)7-9-15/h6-9H,4-5,10-13H2,1-3H3,(H2,17,18,19). The molecule has 0 aliphatic carbocycles. The minimum absolute atomic E-state index is 0.687. The number of guanidine groups is 1. The van der Waals surface area contributed by atoms with E-state index in [1.165, 1.54) is 5.56 Å². The molecule has 0 amide bonds. The lowest BCUT2D eigenvalue weighted by atomic mass is 10.2. The highest BCUT2D eigenvalue weighted by molar-refractivity contribution is 5.79. The minimum Gasteiger partial charge on any atom is -0.494 e. The Labute approximate surface area is 127 Å². The third-order valence-electron chi connectivity index (χ3n) is 2.87. The van der Waals surface area contributed by atoms with E-state index in [1.54, 1.807) is 7.05 Å². The Morgan fingerprint density at radius 1 is 1.10 bits per heavy atom. The van der Waals surface area contributed by atoms with Crippen molar-refractivity contribution in [3.63, 3.8) is 0 Å². The summed E-state index contributed by atoms with van der Waals surface area (Å²) in [5.41, 5.74) is 1.24. The van der Waals surface area contributed by atoms with Crippen LogP contribution >= 0.6 is 0 Å². The molecule has 118 valence electrons. The van der Waals surface area contributed by atoms with Gasteiger partial charge < -0.3 is 20.1 Å². The summed E-state index contributed by atoms with van der Waals surface area (Å²) in [5.74, 6) is 1.71. The van der Waals surface area contributed by atoms with Crippen molar-refractivity contribution in [2.24, 2.45) is 4.99 Å². The summed E-state index contributed by atoms with van der Waals surface area (Å²) in [6.07, 6.45) is 0.917. The van der Waals surface area contributed by atoms with Crippen LogP contribution in [0.1, 0.15) is 18.9 Å². The summed E-state index contributed by atoms with van der Waals surface area (Å²) in [6.45, 7) is 7.75. The maximum absolute atomic E-state index is 5.67. The van der Waals surface area contributed by atoms with Crippen LogP contribution in [0.2, 0.25) is 0 Å². The number of hydrogen-bond donors (Lipinski definition) is 2. The molecule has 5 nitrogen and oxygen atoms in total. The molecule has 0 unspecified atom stereocenters. The Balaban J connectivity index is 2.07. The van der Waals surface area contributed by atoms with E-state index in [-0.39, 0.29) is 0 Å². The summed E-state index contributed by atoms with van der Waals surface area (Å²) in [6, 6.07) is 8.10. The molecule has 0 fully saturated rings. The van der Waals surface area contributed by atoms with Crippen LogP contribution in [-0.2, 0) is 4.74 Å². The van der Waals surface area contributed by atoms with Gasteiger partial charge in [0.05, 0.1) is 13.2 Å². The number of aliphatic imine (C=N–C) groups is 1. The van der Waals surface area contributed by atoms with Crippen molar-refractivity contribution < 1.29 is 9.47 Å². The van der Waals surface area contributed by atoms with E-state index in [0.29, 0.717) is 13.2 Å². The van der Waals surface area contributed by atoms with Gasteiger partial charge in [0.25, 0.3) is 0 Å². The fraction of sp³-hybridized carbons (Fsp3) is 0.562. The molecule has 0 aliphatic heterocycles. The molecule has 0 saturated carbocycles. The van der Waals surface area contributed by atoms with Gasteiger partial charge in [-0.1, -0.05) is 17.7 Å². The Morgan fingerprint density at radius 3 is 2.48 bits per heavy atom. The molecule has 5 heteroatoms. The smallest absolute Gasteiger partial charge is 0.191 e. The topological polar surface area (TPSA) is 54.9 Å². The SMILES string of the molecule is CCOCCNC(=NC)NCCCOc1ccc(C)cc1. The lowest BCUT2D eigenvalue weighted by molar-refractivity contribution is 0.152. The van der Waals surface area contributed by atoms with Crippen molar-refractivity contribution in [3.8, 4) is 5.75 Å². The largest absolute Gasteiger partial charge is 0.494 e. The molecule has 0 bridgehead atoms. The zero-order chi connectivity index (χ0) is 15.3. The zero-order valence-corrected chi connectivity index (χ0v) is 13.3. The zero-order valence-electron chi connectivity index (χ0n) is 13.3. The Bertz CT molecular complexity index is 404. The Hall–Kier alpha value is -1.75. The fourth-order valence-corrected chi connectivity index (χ4v) is 1.71. The van der Waals surface area contributed by atoms with Crippen LogP contribution in [0.5, 0.6) is 5.75 Å². The highest BCUT2D eigenvalue weighted by Crippen LogP contribution is 2.11. The first kappa shape index (κ1) is 17.3. The van der Waals surface area contributed by atoms with Gasteiger partial charge in [-0.05, 0) is 32.4 Å². The van der Waals surface area contributed by atoms with Gasteiger partial charge >= 0.3 is 0 Å². The van der Waals surface area contributed by atoms with E-state index in [0.717, 1.165) is 37.8 Å². The van der Waals surface area contributed by atoms with Crippen LogP contribution < -0.4 is 15.4 Å². The number of nitrogens with zero attached hydrogens (tertiary/aromatic N) is 1. The van der Waals surface area contributed by atoms with Gasteiger partial charge in [-0.2, -0.15) is 0 Å². The number of rotatable bonds is 9. The second-order valence-electron chi connectivity index (χ2n) is 4.64. The van der Waals surface area contributed by atoms with Gasteiger partial charge in [0.15, 0.2) is 5.96 Å². The van der Waals surface area contributed by atoms with Crippen molar-refractivity contribution in [3.05, 3.63) is 29.8 Å². The molecule has 1 aromatic carbocycles. The number of aryl methyl sites for hydroxylation is 1. The molecule has 0 spiro atoms. The molecule has 0 aromatic heterocycles. The lowest BCUT2D eigenvalue weighted by Gasteiger charge is -2.12. The van der Waals surface area contributed by atoms with E-state index in [1.807, 2.05) is 19.1 Å². The predicted molar refractivity (Wildman–Crippen MR) is 87.1 cm³/mol. The van der Waals surface area contributed by atoms with Crippen LogP contribution in [0.4, 0.5) is 0 Å². The normalized spacial score (nSPS) is 11.3. The number of benzene rings is 1. The molecule has 2 N–H and O–H groups in total. The predicted octanol–water partition coefficient (Wildman–Crippen LogP) is 1.97. The summed E-state index contributed by atoms with van der Waals surface area (Å²) >= 11 is 0. The summed E-state index contributed by atoms with van der Waals surface area (Å²) in [7, 11) is 1.76. The summed E-state index contributed by atoms with van der Waals surface area (Å²) in [5, 5.41) is 6.44. The molecule has 0 heterocycles. The molecular weight excluding hydrogens is 266 g/mol. The first-order valence-corrected chi connectivity index (χ1v) is 7.48. The Kier molecular flexibility index (Phi) is 9.04. The molecule has 1 aromatic rings. The van der Waals surface area contributed by atoms with Gasteiger partial charge in [0.1, 0.15) is 5.75 Å². The first-order chi connectivity index (χ1) is 10.3. The first-order valence-electron chi connectivity index (χ1n) is 7.48. The monoisotopic (exact) mass is 293 g/mol. The second-order valence-corrected chi connectivity index (χ2v) is 4.64. The fourth-order valence-electron chi connectivity index (χ4n) is 1.71. The van der Waals surface area contributed by atoms with Crippen molar-refractivity contribution in [2.45, 2.75) is 20.3 Å². The van der Waals surface area contributed by atoms with Crippen molar-refractivity contribution >= 4 is 5.96 Å². The molecule has 0 saturated heterocycles. The summed E-state index contributed by atoms with van der Waals surface area (Å²) < 4.78 is 10.9. The van der Waals surface area contributed by atoms with Crippen LogP contribution in [-0.4, -0.2) is 45.9 Å². The van der Waals surface area contributed by atoms with E-state index >= 15 is 0 Å². The van der Waals surface area contributed by atoms with Crippen LogP contribution in [0.25, 0.3) is 0 Å². The van der Waals surface area contributed by atoms with Crippen molar-refractivity contribution in [2.75, 3.05) is 40.0 Å². The average Bonchev–Trinajstić information content (AvgIpc) is 2.51. The summed E-state index contributed by atoms with van der Waals surface area (Å²) in [4.78, 5) is 4.15.